The maximum absolute atomic E-state index is 13.0. The monoisotopic (exact) mass is 352 g/mol. The molecule has 3 heterocycles. The summed E-state index contributed by atoms with van der Waals surface area (Å²) in [6, 6.07) is 12.3. The van der Waals surface area contributed by atoms with Gasteiger partial charge in [-0.2, -0.15) is 5.26 Å². The number of aromatic nitrogens is 1. The van der Waals surface area contributed by atoms with Crippen molar-refractivity contribution in [3.05, 3.63) is 57.1 Å². The Balaban J connectivity index is 1.89. The molecule has 0 saturated carbocycles. The Morgan fingerprint density at radius 2 is 1.96 bits per heavy atom. The van der Waals surface area contributed by atoms with E-state index in [-0.39, 0.29) is 5.91 Å². The molecule has 0 unspecified atom stereocenters. The molecule has 0 fully saturated rings. The summed E-state index contributed by atoms with van der Waals surface area (Å²) in [5.41, 5.74) is 3.45. The summed E-state index contributed by atoms with van der Waals surface area (Å²) in [6.45, 7) is 3.82. The van der Waals surface area contributed by atoms with Gasteiger partial charge in [0.25, 0.3) is 5.03 Å². The summed E-state index contributed by atoms with van der Waals surface area (Å²) in [7, 11) is 1.98. The lowest BCUT2D eigenvalue weighted by Gasteiger charge is -2.13. The molecule has 2 aromatic rings. The molecular weight excluding hydrogens is 338 g/mol. The van der Waals surface area contributed by atoms with Gasteiger partial charge in [0.15, 0.2) is 10.6 Å². The van der Waals surface area contributed by atoms with Crippen LogP contribution < -0.4 is 9.47 Å². The van der Waals surface area contributed by atoms with Crippen LogP contribution in [-0.4, -0.2) is 13.0 Å². The highest BCUT2D eigenvalue weighted by Gasteiger charge is 2.44. The zero-order valence-electron chi connectivity index (χ0n) is 13.5. The molecule has 6 heteroatoms. The molecule has 1 aromatic carbocycles. The van der Waals surface area contributed by atoms with Crippen molar-refractivity contribution in [1.82, 2.24) is 0 Å². The highest BCUT2D eigenvalue weighted by atomic mass is 32.2. The van der Waals surface area contributed by atoms with Crippen LogP contribution in [0.4, 0.5) is 5.69 Å². The number of thioether (sulfide) groups is 2. The Labute approximate surface area is 148 Å². The third-order valence-corrected chi connectivity index (χ3v) is 6.75. The predicted octanol–water partition coefficient (Wildman–Crippen LogP) is 3.62. The fraction of sp³-hybridized carbons (Fsp3) is 0.167. The number of aryl methyl sites for hydroxylation is 2. The van der Waals surface area contributed by atoms with Gasteiger partial charge in [0.05, 0.1) is 5.69 Å². The molecule has 0 atom stereocenters. The number of rotatable bonds is 0. The quantitative estimate of drug-likeness (QED) is 0.535. The first-order valence-electron chi connectivity index (χ1n) is 7.46. The van der Waals surface area contributed by atoms with Gasteiger partial charge in [-0.25, -0.2) is 4.79 Å². The second kappa shape index (κ2) is 5.40. The summed E-state index contributed by atoms with van der Waals surface area (Å²) in [5, 5.41) is 11.1. The van der Waals surface area contributed by atoms with Crippen LogP contribution in [0.5, 0.6) is 0 Å². The predicted molar refractivity (Wildman–Crippen MR) is 95.0 cm³/mol. The van der Waals surface area contributed by atoms with E-state index in [1.54, 1.807) is 16.3 Å². The minimum Gasteiger partial charge on any atom is -0.337 e. The van der Waals surface area contributed by atoms with E-state index < -0.39 is 0 Å². The summed E-state index contributed by atoms with van der Waals surface area (Å²) >= 11 is 3.01. The minimum atomic E-state index is -0.0499. The van der Waals surface area contributed by atoms with E-state index in [1.807, 2.05) is 39.1 Å². The highest BCUT2D eigenvalue weighted by molar-refractivity contribution is 8.07. The summed E-state index contributed by atoms with van der Waals surface area (Å²) in [6.07, 6.45) is 0. The zero-order chi connectivity index (χ0) is 17.0. The van der Waals surface area contributed by atoms with Gasteiger partial charge in [-0.1, -0.05) is 23.9 Å². The smallest absolute Gasteiger partial charge is 0.337 e. The number of carbonyl (C=O) groups is 1. The molecule has 4 nitrogen and oxygen atoms in total. The van der Waals surface area contributed by atoms with Crippen molar-refractivity contribution >= 4 is 35.1 Å². The number of fused-ring (bicyclic) bond motifs is 2. The van der Waals surface area contributed by atoms with Gasteiger partial charge < -0.3 is 4.90 Å². The van der Waals surface area contributed by atoms with E-state index in [0.29, 0.717) is 10.5 Å². The van der Waals surface area contributed by atoms with Gasteiger partial charge in [-0.15, -0.1) is 4.57 Å². The van der Waals surface area contributed by atoms with E-state index in [1.165, 1.54) is 11.8 Å². The van der Waals surface area contributed by atoms with Crippen molar-refractivity contribution in [2.45, 2.75) is 23.8 Å². The van der Waals surface area contributed by atoms with Gasteiger partial charge in [0.1, 0.15) is 16.7 Å². The lowest BCUT2D eigenvalue weighted by molar-refractivity contribution is -0.614. The third kappa shape index (κ3) is 2.02. The van der Waals surface area contributed by atoms with Gasteiger partial charge >= 0.3 is 5.91 Å². The number of anilines is 1. The number of hydrogen-bond donors (Lipinski definition) is 0. The van der Waals surface area contributed by atoms with Crippen molar-refractivity contribution in [3.8, 4) is 6.07 Å². The number of allylic oxidation sites excluding steroid dienone is 1. The van der Waals surface area contributed by atoms with Crippen LogP contribution >= 0.6 is 23.5 Å². The van der Waals surface area contributed by atoms with E-state index in [4.69, 9.17) is 0 Å². The van der Waals surface area contributed by atoms with Gasteiger partial charge in [0.2, 0.25) is 0 Å². The molecule has 4 rings (SSSR count). The Kier molecular flexibility index (Phi) is 3.44. The maximum atomic E-state index is 13.0. The summed E-state index contributed by atoms with van der Waals surface area (Å²) in [4.78, 5) is 16.9. The standard InChI is InChI=1S/C18H14N3OS2/c1-10-8-11(2)21-16(22)15(24-17(21)12(10)9-19)18-20(3)13-6-4-5-7-14(13)23-18/h4-8H,1-3H3/q+1/b18-15-. The van der Waals surface area contributed by atoms with Crippen molar-refractivity contribution in [3.63, 3.8) is 0 Å². The van der Waals surface area contributed by atoms with Gasteiger partial charge in [-0.05, 0) is 36.4 Å². The van der Waals surface area contributed by atoms with E-state index in [2.05, 4.69) is 23.1 Å². The van der Waals surface area contributed by atoms with Gasteiger partial charge in [0, 0.05) is 24.9 Å². The van der Waals surface area contributed by atoms with Crippen LogP contribution in [0, 0.1) is 25.2 Å². The number of nitriles is 1. The average molecular weight is 352 g/mol. The highest BCUT2D eigenvalue weighted by Crippen LogP contribution is 2.50. The molecule has 118 valence electrons. The lowest BCUT2D eigenvalue weighted by Crippen LogP contribution is -2.44. The van der Waals surface area contributed by atoms with E-state index in [0.717, 1.165) is 31.9 Å². The van der Waals surface area contributed by atoms with Crippen LogP contribution in [0.15, 0.2) is 50.2 Å². The topological polar surface area (TPSA) is 48.0 Å². The number of hydrogen-bond acceptors (Lipinski definition) is 5. The molecule has 0 amide bonds. The van der Waals surface area contributed by atoms with E-state index in [9.17, 15) is 10.1 Å². The molecule has 2 aliphatic heterocycles. The number of para-hydroxylation sites is 1. The second-order valence-electron chi connectivity index (χ2n) is 5.77. The molecule has 24 heavy (non-hydrogen) atoms. The molecule has 0 radical (unpaired) electrons. The second-order valence-corrected chi connectivity index (χ2v) is 7.80. The molecular formula is C18H14N3OS2+. The van der Waals surface area contributed by atoms with Gasteiger partial charge in [-0.3, -0.25) is 0 Å². The number of pyridine rings is 1. The molecule has 0 saturated heterocycles. The maximum Gasteiger partial charge on any atom is 0.435 e. The zero-order valence-corrected chi connectivity index (χ0v) is 15.1. The molecule has 2 aliphatic rings. The Bertz CT molecular complexity index is 988. The SMILES string of the molecule is Cc1cc(C)[n+]2c(c1C#N)S/C(=C1\Sc3ccccc3N1C)C2=O. The number of benzene rings is 1. The molecule has 1 aromatic heterocycles. The summed E-state index contributed by atoms with van der Waals surface area (Å²) in [5.74, 6) is -0.0499. The van der Waals surface area contributed by atoms with Crippen molar-refractivity contribution < 1.29 is 9.36 Å². The first-order chi connectivity index (χ1) is 11.5. The molecule has 0 N–H and O–H groups in total. The normalized spacial score (nSPS) is 18.6. The summed E-state index contributed by atoms with van der Waals surface area (Å²) < 4.78 is 1.66. The van der Waals surface area contributed by atoms with Crippen LogP contribution in [0.3, 0.4) is 0 Å². The molecule has 0 bridgehead atoms. The first-order valence-corrected chi connectivity index (χ1v) is 9.10. The van der Waals surface area contributed by atoms with Crippen LogP contribution in [0.1, 0.15) is 21.6 Å². The number of nitrogens with zero attached hydrogens (tertiary/aromatic N) is 3. The Morgan fingerprint density at radius 3 is 2.67 bits per heavy atom. The first kappa shape index (κ1) is 15.3. The van der Waals surface area contributed by atoms with Crippen molar-refractivity contribution in [2.75, 3.05) is 11.9 Å². The fourth-order valence-corrected chi connectivity index (χ4v) is 5.61. The van der Waals surface area contributed by atoms with Crippen molar-refractivity contribution in [2.24, 2.45) is 0 Å². The van der Waals surface area contributed by atoms with Crippen LogP contribution in [0.2, 0.25) is 0 Å². The Hall–Kier alpha value is -2.23. The van der Waals surface area contributed by atoms with Crippen LogP contribution in [-0.2, 0) is 0 Å². The third-order valence-electron chi connectivity index (χ3n) is 4.23. The van der Waals surface area contributed by atoms with Crippen LogP contribution in [0.25, 0.3) is 0 Å². The van der Waals surface area contributed by atoms with Crippen molar-refractivity contribution in [1.29, 1.82) is 5.26 Å². The minimum absolute atomic E-state index is 0.0499. The molecule has 0 spiro atoms. The average Bonchev–Trinajstić information content (AvgIpc) is 3.06. The van der Waals surface area contributed by atoms with E-state index >= 15 is 0 Å². The fourth-order valence-electron chi connectivity index (χ4n) is 3.05. The molecule has 0 aliphatic carbocycles. The largest absolute Gasteiger partial charge is 0.435 e. The Morgan fingerprint density at radius 1 is 1.21 bits per heavy atom. The number of carbonyl (C=O) groups excluding carboxylic acids is 1. The lowest BCUT2D eigenvalue weighted by atomic mass is 10.1.